The topological polar surface area (TPSA) is 37.8 Å². The molecule has 0 aliphatic rings. The highest BCUT2D eigenvalue weighted by atomic mass is 32.2. The van der Waals surface area contributed by atoms with Crippen LogP contribution in [0.1, 0.15) is 20.8 Å². The van der Waals surface area contributed by atoms with Crippen LogP contribution in [0.3, 0.4) is 0 Å². The molecule has 1 aromatic carbocycles. The molecule has 3 nitrogen and oxygen atoms in total. The summed E-state index contributed by atoms with van der Waals surface area (Å²) in [5.41, 5.74) is 2.28. The largest absolute Gasteiger partial charge is 0.308 e. The van der Waals surface area contributed by atoms with Gasteiger partial charge in [0.2, 0.25) is 0 Å². The van der Waals surface area contributed by atoms with Crippen molar-refractivity contribution in [2.24, 2.45) is 0 Å². The molecule has 1 aromatic heterocycles. The standard InChI is InChI=1S/C16H21N3S/c1-12(9-19-16(2,3)4)10-20-15-13-7-5-6-8-14(13)17-11-18-15/h5-8,11,19H,1,9-10H2,2-4H3. The van der Waals surface area contributed by atoms with Crippen molar-refractivity contribution >= 4 is 22.7 Å². The Morgan fingerprint density at radius 2 is 2.00 bits per heavy atom. The molecule has 1 heterocycles. The van der Waals surface area contributed by atoms with Crippen LogP contribution in [-0.4, -0.2) is 27.8 Å². The summed E-state index contributed by atoms with van der Waals surface area (Å²) >= 11 is 1.72. The first-order chi connectivity index (χ1) is 9.46. The van der Waals surface area contributed by atoms with Crippen LogP contribution in [0.15, 0.2) is 47.8 Å². The van der Waals surface area contributed by atoms with Gasteiger partial charge in [-0.15, -0.1) is 11.8 Å². The molecule has 106 valence electrons. The molecular weight excluding hydrogens is 266 g/mol. The summed E-state index contributed by atoms with van der Waals surface area (Å²) in [6.45, 7) is 11.4. The maximum atomic E-state index is 4.38. The van der Waals surface area contributed by atoms with E-state index in [1.54, 1.807) is 18.1 Å². The van der Waals surface area contributed by atoms with Crippen LogP contribution < -0.4 is 5.32 Å². The fourth-order valence-corrected chi connectivity index (χ4v) is 2.60. The van der Waals surface area contributed by atoms with Gasteiger partial charge in [-0.3, -0.25) is 0 Å². The molecule has 0 amide bonds. The van der Waals surface area contributed by atoms with E-state index in [1.165, 1.54) is 5.57 Å². The number of benzene rings is 1. The highest BCUT2D eigenvalue weighted by Crippen LogP contribution is 2.25. The first kappa shape index (κ1) is 15.0. The highest BCUT2D eigenvalue weighted by molar-refractivity contribution is 7.99. The van der Waals surface area contributed by atoms with Crippen LogP contribution in [0.2, 0.25) is 0 Å². The number of aromatic nitrogens is 2. The first-order valence-corrected chi connectivity index (χ1v) is 7.68. The predicted molar refractivity (Wildman–Crippen MR) is 87.2 cm³/mol. The van der Waals surface area contributed by atoms with Crippen molar-refractivity contribution in [2.75, 3.05) is 12.3 Å². The van der Waals surface area contributed by atoms with Gasteiger partial charge in [-0.25, -0.2) is 9.97 Å². The zero-order valence-electron chi connectivity index (χ0n) is 12.3. The van der Waals surface area contributed by atoms with Gasteiger partial charge in [0.1, 0.15) is 11.4 Å². The van der Waals surface area contributed by atoms with Crippen molar-refractivity contribution < 1.29 is 0 Å². The normalized spacial score (nSPS) is 11.8. The molecule has 4 heteroatoms. The molecule has 0 spiro atoms. The van der Waals surface area contributed by atoms with Crippen LogP contribution in [0.4, 0.5) is 0 Å². The average molecular weight is 287 g/mol. The zero-order valence-corrected chi connectivity index (χ0v) is 13.1. The van der Waals surface area contributed by atoms with Gasteiger partial charge in [0.15, 0.2) is 0 Å². The van der Waals surface area contributed by atoms with Crippen LogP contribution in [0, 0.1) is 0 Å². The average Bonchev–Trinajstić information content (AvgIpc) is 2.42. The minimum absolute atomic E-state index is 0.120. The van der Waals surface area contributed by atoms with Gasteiger partial charge in [0.05, 0.1) is 5.52 Å². The molecule has 0 atom stereocenters. The van der Waals surface area contributed by atoms with Crippen molar-refractivity contribution in [3.05, 3.63) is 42.7 Å². The highest BCUT2D eigenvalue weighted by Gasteiger charge is 2.09. The molecule has 0 fully saturated rings. The lowest BCUT2D eigenvalue weighted by Crippen LogP contribution is -2.37. The Balaban J connectivity index is 1.98. The van der Waals surface area contributed by atoms with Crippen molar-refractivity contribution in [1.82, 2.24) is 15.3 Å². The van der Waals surface area contributed by atoms with Gasteiger partial charge in [-0.05, 0) is 26.8 Å². The Labute approximate surface area is 124 Å². The van der Waals surface area contributed by atoms with Crippen molar-refractivity contribution in [2.45, 2.75) is 31.3 Å². The number of rotatable bonds is 5. The first-order valence-electron chi connectivity index (χ1n) is 6.70. The summed E-state index contributed by atoms with van der Waals surface area (Å²) in [5.74, 6) is 0.865. The maximum Gasteiger partial charge on any atom is 0.117 e. The van der Waals surface area contributed by atoms with E-state index in [2.05, 4.69) is 48.7 Å². The Morgan fingerprint density at radius 3 is 2.75 bits per heavy atom. The molecule has 20 heavy (non-hydrogen) atoms. The van der Waals surface area contributed by atoms with E-state index in [0.717, 1.165) is 28.2 Å². The zero-order chi connectivity index (χ0) is 14.6. The Kier molecular flexibility index (Phi) is 4.78. The van der Waals surface area contributed by atoms with Crippen molar-refractivity contribution in [3.8, 4) is 0 Å². The lowest BCUT2D eigenvalue weighted by molar-refractivity contribution is 0.445. The van der Waals surface area contributed by atoms with Gasteiger partial charge < -0.3 is 5.32 Å². The second-order valence-electron chi connectivity index (χ2n) is 5.84. The molecule has 0 saturated carbocycles. The van der Waals surface area contributed by atoms with Crippen LogP contribution in [0.5, 0.6) is 0 Å². The van der Waals surface area contributed by atoms with E-state index in [1.807, 2.05) is 18.2 Å². The summed E-state index contributed by atoms with van der Waals surface area (Å²) in [6.07, 6.45) is 1.63. The molecule has 0 saturated heterocycles. The second kappa shape index (κ2) is 6.37. The van der Waals surface area contributed by atoms with E-state index in [-0.39, 0.29) is 5.54 Å². The number of para-hydroxylation sites is 1. The number of fused-ring (bicyclic) bond motifs is 1. The monoisotopic (exact) mass is 287 g/mol. The van der Waals surface area contributed by atoms with Crippen LogP contribution in [-0.2, 0) is 0 Å². The lowest BCUT2D eigenvalue weighted by Gasteiger charge is -2.21. The smallest absolute Gasteiger partial charge is 0.117 e. The van der Waals surface area contributed by atoms with E-state index >= 15 is 0 Å². The van der Waals surface area contributed by atoms with Gasteiger partial charge in [0.25, 0.3) is 0 Å². The molecule has 0 aliphatic carbocycles. The second-order valence-corrected chi connectivity index (χ2v) is 6.80. The maximum absolute atomic E-state index is 4.38. The number of nitrogens with zero attached hydrogens (tertiary/aromatic N) is 2. The van der Waals surface area contributed by atoms with E-state index in [9.17, 15) is 0 Å². The quantitative estimate of drug-likeness (QED) is 0.517. The molecular formula is C16H21N3S. The molecule has 2 aromatic rings. The van der Waals surface area contributed by atoms with E-state index in [0.29, 0.717) is 0 Å². The van der Waals surface area contributed by atoms with Crippen LogP contribution in [0.25, 0.3) is 10.9 Å². The molecule has 0 radical (unpaired) electrons. The van der Waals surface area contributed by atoms with Gasteiger partial charge in [-0.1, -0.05) is 30.4 Å². The predicted octanol–water partition coefficient (Wildman–Crippen LogP) is 3.67. The molecule has 1 N–H and O–H groups in total. The number of hydrogen-bond acceptors (Lipinski definition) is 4. The Morgan fingerprint density at radius 1 is 1.25 bits per heavy atom. The minimum Gasteiger partial charge on any atom is -0.308 e. The number of hydrogen-bond donors (Lipinski definition) is 1. The molecule has 0 aliphatic heterocycles. The van der Waals surface area contributed by atoms with Crippen molar-refractivity contribution in [1.29, 1.82) is 0 Å². The lowest BCUT2D eigenvalue weighted by atomic mass is 10.1. The Bertz CT molecular complexity index is 597. The summed E-state index contributed by atoms with van der Waals surface area (Å²) in [5, 5.41) is 5.58. The summed E-state index contributed by atoms with van der Waals surface area (Å²) in [6, 6.07) is 8.09. The molecule has 0 unspecified atom stereocenters. The van der Waals surface area contributed by atoms with E-state index in [4.69, 9.17) is 0 Å². The van der Waals surface area contributed by atoms with Gasteiger partial charge >= 0.3 is 0 Å². The summed E-state index contributed by atoms with van der Waals surface area (Å²) in [7, 11) is 0. The number of nitrogens with one attached hydrogen (secondary N) is 1. The summed E-state index contributed by atoms with van der Waals surface area (Å²) < 4.78 is 0. The third kappa shape index (κ3) is 4.32. The van der Waals surface area contributed by atoms with Crippen molar-refractivity contribution in [3.63, 3.8) is 0 Å². The minimum atomic E-state index is 0.120. The third-order valence-electron chi connectivity index (χ3n) is 2.79. The van der Waals surface area contributed by atoms with E-state index < -0.39 is 0 Å². The molecule has 0 bridgehead atoms. The Hall–Kier alpha value is -1.39. The van der Waals surface area contributed by atoms with Gasteiger partial charge in [0, 0.05) is 23.2 Å². The fourth-order valence-electron chi connectivity index (χ4n) is 1.71. The van der Waals surface area contributed by atoms with Crippen LogP contribution >= 0.6 is 11.8 Å². The molecule has 2 rings (SSSR count). The summed E-state index contributed by atoms with van der Waals surface area (Å²) in [4.78, 5) is 8.66. The SMILES string of the molecule is C=C(CNC(C)(C)C)CSc1ncnc2ccccc12. The fraction of sp³-hybridized carbons (Fsp3) is 0.375. The van der Waals surface area contributed by atoms with Gasteiger partial charge in [-0.2, -0.15) is 0 Å². The third-order valence-corrected chi connectivity index (χ3v) is 3.94. The number of thioether (sulfide) groups is 1.